The Balaban J connectivity index is 0.000000177. The van der Waals surface area contributed by atoms with Crippen LogP contribution in [-0.4, -0.2) is 15.7 Å². The number of pyridine rings is 2. The van der Waals surface area contributed by atoms with Crippen molar-refractivity contribution in [2.45, 2.75) is 20.8 Å². The number of hydrogen-bond acceptors (Lipinski definition) is 3. The van der Waals surface area contributed by atoms with Gasteiger partial charge in [-0.15, -0.1) is 0 Å². The predicted octanol–water partition coefficient (Wildman–Crippen LogP) is 6.88. The van der Waals surface area contributed by atoms with Crippen LogP contribution in [0, 0.1) is 13.8 Å². The summed E-state index contributed by atoms with van der Waals surface area (Å²) in [5.74, 6) is 0.773. The summed E-state index contributed by atoms with van der Waals surface area (Å²) >= 11 is 0. The maximum atomic E-state index is 4.56. The van der Waals surface area contributed by atoms with Gasteiger partial charge in [0.1, 0.15) is 0 Å². The van der Waals surface area contributed by atoms with Gasteiger partial charge in [-0.2, -0.15) is 0 Å². The van der Waals surface area contributed by atoms with E-state index in [1.54, 1.807) is 12.3 Å². The van der Waals surface area contributed by atoms with Crippen LogP contribution in [0.2, 0.25) is 0 Å². The molecule has 0 fully saturated rings. The smallest absolute Gasteiger partial charge is 0.154 e. The zero-order chi connectivity index (χ0) is 20.6. The minimum absolute atomic E-state index is 0.773. The highest BCUT2D eigenvalue weighted by molar-refractivity contribution is 5.95. The summed E-state index contributed by atoms with van der Waals surface area (Å²) in [6.45, 7) is 9.56. The SMILES string of the molecule is C=C/C(C)=N\c1ncccc1C.Cc1cc(-c2ccccc2)c2ccccc2n1. The summed E-state index contributed by atoms with van der Waals surface area (Å²) in [7, 11) is 0. The standard InChI is InChI=1S/C16H13N.C10H12N2/c1-12-11-15(13-7-3-2-4-8-13)14-9-5-6-10-16(14)17-12;1-4-9(3)12-10-8(2)6-5-7-11-10/h2-11H,1H3;4-7H,1H2,2-3H3/b;12-9-. The Hall–Kier alpha value is -3.59. The van der Waals surface area contributed by atoms with Crippen LogP contribution in [0.3, 0.4) is 0 Å². The first-order valence-corrected chi connectivity index (χ1v) is 9.59. The Morgan fingerprint density at radius 2 is 1.66 bits per heavy atom. The molecule has 0 atom stereocenters. The fourth-order valence-electron chi connectivity index (χ4n) is 2.97. The van der Waals surface area contributed by atoms with Crippen molar-refractivity contribution >= 4 is 22.4 Å². The maximum Gasteiger partial charge on any atom is 0.154 e. The summed E-state index contributed by atoms with van der Waals surface area (Å²) in [4.78, 5) is 13.0. The zero-order valence-corrected chi connectivity index (χ0v) is 17.1. The molecule has 4 aromatic rings. The quantitative estimate of drug-likeness (QED) is 0.364. The third kappa shape index (κ3) is 5.23. The Kier molecular flexibility index (Phi) is 6.64. The first-order chi connectivity index (χ1) is 14.1. The molecule has 0 bridgehead atoms. The predicted molar refractivity (Wildman–Crippen MR) is 124 cm³/mol. The third-order valence-electron chi connectivity index (χ3n) is 4.49. The zero-order valence-electron chi connectivity index (χ0n) is 17.1. The van der Waals surface area contributed by atoms with Gasteiger partial charge in [0.25, 0.3) is 0 Å². The van der Waals surface area contributed by atoms with Crippen LogP contribution in [0.15, 0.2) is 96.6 Å². The topological polar surface area (TPSA) is 38.1 Å². The number of hydrogen-bond donors (Lipinski definition) is 0. The van der Waals surface area contributed by atoms with Gasteiger partial charge in [0, 0.05) is 23.0 Å². The van der Waals surface area contributed by atoms with E-state index in [0.717, 1.165) is 28.3 Å². The molecule has 0 N–H and O–H groups in total. The van der Waals surface area contributed by atoms with Crippen molar-refractivity contribution in [3.05, 3.63) is 103 Å². The van der Waals surface area contributed by atoms with Crippen LogP contribution in [0.4, 0.5) is 5.82 Å². The molecule has 0 aliphatic heterocycles. The molecule has 0 aliphatic carbocycles. The lowest BCUT2D eigenvalue weighted by atomic mass is 10.0. The minimum atomic E-state index is 0.773. The molecule has 0 aliphatic rings. The lowest BCUT2D eigenvalue weighted by Crippen LogP contribution is -1.87. The van der Waals surface area contributed by atoms with Gasteiger partial charge in [-0.3, -0.25) is 4.98 Å². The number of benzene rings is 2. The molecule has 0 saturated carbocycles. The molecule has 2 aromatic heterocycles. The van der Waals surface area contributed by atoms with Crippen LogP contribution in [0.5, 0.6) is 0 Å². The van der Waals surface area contributed by atoms with Crippen LogP contribution < -0.4 is 0 Å². The molecular weight excluding hydrogens is 354 g/mol. The number of aliphatic imine (C=N–C) groups is 1. The highest BCUT2D eigenvalue weighted by Gasteiger charge is 2.04. The second kappa shape index (κ2) is 9.56. The van der Waals surface area contributed by atoms with Crippen molar-refractivity contribution in [2.24, 2.45) is 4.99 Å². The van der Waals surface area contributed by atoms with Crippen molar-refractivity contribution < 1.29 is 0 Å². The van der Waals surface area contributed by atoms with Crippen LogP contribution in [-0.2, 0) is 0 Å². The number of aromatic nitrogens is 2. The summed E-state index contributed by atoms with van der Waals surface area (Å²) in [5.41, 5.74) is 6.59. The molecule has 0 amide bonds. The maximum absolute atomic E-state index is 4.56. The normalized spacial score (nSPS) is 10.9. The number of para-hydroxylation sites is 1. The molecule has 0 radical (unpaired) electrons. The van der Waals surface area contributed by atoms with Crippen molar-refractivity contribution in [3.63, 3.8) is 0 Å². The molecule has 4 rings (SSSR count). The molecule has 0 spiro atoms. The minimum Gasteiger partial charge on any atom is -0.253 e. The number of allylic oxidation sites excluding steroid dienone is 1. The Bertz CT molecular complexity index is 1140. The monoisotopic (exact) mass is 379 g/mol. The van der Waals surface area contributed by atoms with E-state index in [1.807, 2.05) is 45.0 Å². The molecular formula is C26H25N3. The number of aryl methyl sites for hydroxylation is 2. The van der Waals surface area contributed by atoms with E-state index in [-0.39, 0.29) is 0 Å². The molecule has 0 saturated heterocycles. The van der Waals surface area contributed by atoms with Crippen molar-refractivity contribution in [1.29, 1.82) is 0 Å². The van der Waals surface area contributed by atoms with Gasteiger partial charge in [0.15, 0.2) is 5.82 Å². The number of rotatable bonds is 3. The van der Waals surface area contributed by atoms with E-state index in [1.165, 1.54) is 16.5 Å². The number of fused-ring (bicyclic) bond motifs is 1. The summed E-state index contributed by atoms with van der Waals surface area (Å²) < 4.78 is 0. The largest absolute Gasteiger partial charge is 0.253 e. The van der Waals surface area contributed by atoms with Gasteiger partial charge in [-0.25, -0.2) is 9.98 Å². The molecule has 3 heteroatoms. The van der Waals surface area contributed by atoms with E-state index >= 15 is 0 Å². The van der Waals surface area contributed by atoms with Gasteiger partial charge in [-0.05, 0) is 61.7 Å². The summed E-state index contributed by atoms with van der Waals surface area (Å²) in [6.07, 6.45) is 3.45. The lowest BCUT2D eigenvalue weighted by Gasteiger charge is -2.07. The van der Waals surface area contributed by atoms with Crippen molar-refractivity contribution in [1.82, 2.24) is 9.97 Å². The summed E-state index contributed by atoms with van der Waals surface area (Å²) in [6, 6.07) is 24.8. The molecule has 2 heterocycles. The Labute approximate surface area is 172 Å². The molecule has 3 nitrogen and oxygen atoms in total. The van der Waals surface area contributed by atoms with Crippen molar-refractivity contribution in [2.75, 3.05) is 0 Å². The molecule has 29 heavy (non-hydrogen) atoms. The Morgan fingerprint density at radius 1 is 0.931 bits per heavy atom. The third-order valence-corrected chi connectivity index (χ3v) is 4.49. The Morgan fingerprint density at radius 3 is 2.38 bits per heavy atom. The highest BCUT2D eigenvalue weighted by atomic mass is 14.9. The van der Waals surface area contributed by atoms with E-state index in [4.69, 9.17) is 0 Å². The van der Waals surface area contributed by atoms with E-state index in [0.29, 0.717) is 0 Å². The van der Waals surface area contributed by atoms with Gasteiger partial charge in [-0.1, -0.05) is 61.2 Å². The fourth-order valence-corrected chi connectivity index (χ4v) is 2.97. The highest BCUT2D eigenvalue weighted by Crippen LogP contribution is 2.28. The van der Waals surface area contributed by atoms with E-state index < -0.39 is 0 Å². The second-order valence-corrected chi connectivity index (χ2v) is 6.80. The van der Waals surface area contributed by atoms with Gasteiger partial charge >= 0.3 is 0 Å². The second-order valence-electron chi connectivity index (χ2n) is 6.80. The van der Waals surface area contributed by atoms with Crippen LogP contribution in [0.25, 0.3) is 22.0 Å². The first-order valence-electron chi connectivity index (χ1n) is 9.59. The average Bonchev–Trinajstić information content (AvgIpc) is 2.75. The van der Waals surface area contributed by atoms with Gasteiger partial charge in [0.2, 0.25) is 0 Å². The molecule has 2 aromatic carbocycles. The molecule has 144 valence electrons. The van der Waals surface area contributed by atoms with Gasteiger partial charge < -0.3 is 0 Å². The lowest BCUT2D eigenvalue weighted by molar-refractivity contribution is 1.22. The van der Waals surface area contributed by atoms with Crippen LogP contribution >= 0.6 is 0 Å². The average molecular weight is 380 g/mol. The fraction of sp³-hybridized carbons (Fsp3) is 0.115. The van der Waals surface area contributed by atoms with Crippen LogP contribution in [0.1, 0.15) is 18.2 Å². The van der Waals surface area contributed by atoms with Crippen molar-refractivity contribution in [3.8, 4) is 11.1 Å². The number of nitrogens with zero attached hydrogens (tertiary/aromatic N) is 3. The van der Waals surface area contributed by atoms with E-state index in [2.05, 4.69) is 70.1 Å². The van der Waals surface area contributed by atoms with E-state index in [9.17, 15) is 0 Å². The first kappa shape index (κ1) is 20.2. The summed E-state index contributed by atoms with van der Waals surface area (Å²) in [5, 5.41) is 1.21. The molecule has 0 unspecified atom stereocenters. The van der Waals surface area contributed by atoms with Gasteiger partial charge in [0.05, 0.1) is 5.52 Å².